The second kappa shape index (κ2) is 10.9. The van der Waals surface area contributed by atoms with Crippen molar-refractivity contribution in [3.05, 3.63) is 103 Å². The molecule has 1 aliphatic heterocycles. The van der Waals surface area contributed by atoms with Crippen LogP contribution in [0.2, 0.25) is 20.1 Å². The lowest BCUT2D eigenvalue weighted by atomic mass is 10.1. The standard InChI is InChI=1S/C25H15Cl4N3O2S/c26-15-2-6-17(7-3-15)31-23(33)19(13-30)25-32(18-8-4-16(27)5-9-18)24(34)22(35-25)12-14-1-10-20(28)21(29)11-14/h1-11,22H,12H2,(H,31,33). The van der Waals surface area contributed by atoms with Crippen LogP contribution in [-0.2, 0) is 16.0 Å². The predicted octanol–water partition coefficient (Wildman–Crippen LogP) is 7.37. The smallest absolute Gasteiger partial charge is 0.269 e. The summed E-state index contributed by atoms with van der Waals surface area (Å²) in [7, 11) is 0. The molecular weight excluding hydrogens is 548 g/mol. The number of nitrogens with one attached hydrogen (secondary N) is 1. The lowest BCUT2D eigenvalue weighted by Gasteiger charge is -2.19. The number of carbonyl (C=O) groups excluding carboxylic acids is 2. The van der Waals surface area contributed by atoms with Gasteiger partial charge in [-0.05, 0) is 72.6 Å². The van der Waals surface area contributed by atoms with Crippen molar-refractivity contribution in [2.75, 3.05) is 10.2 Å². The van der Waals surface area contributed by atoms with Crippen molar-refractivity contribution < 1.29 is 9.59 Å². The fraction of sp³-hybridized carbons (Fsp3) is 0.0800. The molecule has 1 heterocycles. The Bertz CT molecular complexity index is 1370. The van der Waals surface area contributed by atoms with E-state index in [0.717, 1.165) is 17.3 Å². The number of nitrogens with zero attached hydrogens (tertiary/aromatic N) is 2. The van der Waals surface area contributed by atoms with Crippen molar-refractivity contribution >= 4 is 81.4 Å². The number of amides is 2. The molecule has 0 aromatic heterocycles. The number of hydrogen-bond acceptors (Lipinski definition) is 4. The summed E-state index contributed by atoms with van der Waals surface area (Å²) < 4.78 is 0. The minimum atomic E-state index is -0.640. The summed E-state index contributed by atoms with van der Waals surface area (Å²) >= 11 is 25.2. The van der Waals surface area contributed by atoms with Gasteiger partial charge in [0.15, 0.2) is 0 Å². The highest BCUT2D eigenvalue weighted by Crippen LogP contribution is 2.42. The summed E-state index contributed by atoms with van der Waals surface area (Å²) in [6.07, 6.45) is 0.325. The molecule has 1 N–H and O–H groups in total. The minimum absolute atomic E-state index is 0.190. The molecule has 1 saturated heterocycles. The number of hydrogen-bond donors (Lipinski definition) is 1. The molecule has 5 nitrogen and oxygen atoms in total. The van der Waals surface area contributed by atoms with Crippen molar-refractivity contribution in [2.24, 2.45) is 0 Å². The van der Waals surface area contributed by atoms with Gasteiger partial charge < -0.3 is 5.32 Å². The van der Waals surface area contributed by atoms with E-state index in [2.05, 4.69) is 5.32 Å². The molecule has 3 aromatic carbocycles. The monoisotopic (exact) mass is 561 g/mol. The highest BCUT2D eigenvalue weighted by atomic mass is 35.5. The first-order chi connectivity index (χ1) is 16.8. The van der Waals surface area contributed by atoms with Gasteiger partial charge in [0, 0.05) is 21.4 Å². The van der Waals surface area contributed by atoms with E-state index < -0.39 is 11.2 Å². The Kier molecular flexibility index (Phi) is 7.95. The van der Waals surface area contributed by atoms with Crippen LogP contribution in [0.15, 0.2) is 77.3 Å². The highest BCUT2D eigenvalue weighted by molar-refractivity contribution is 8.05. The number of rotatable bonds is 5. The number of carbonyl (C=O) groups is 2. The van der Waals surface area contributed by atoms with Crippen LogP contribution in [0.25, 0.3) is 0 Å². The van der Waals surface area contributed by atoms with E-state index in [1.165, 1.54) is 4.90 Å². The SMILES string of the molecule is N#CC(C(=O)Nc1ccc(Cl)cc1)=C1SC(Cc2ccc(Cl)c(Cl)c2)C(=O)N1c1ccc(Cl)cc1. The van der Waals surface area contributed by atoms with Crippen molar-refractivity contribution in [1.82, 2.24) is 0 Å². The van der Waals surface area contributed by atoms with E-state index in [1.807, 2.05) is 6.07 Å². The van der Waals surface area contributed by atoms with E-state index in [-0.39, 0.29) is 16.5 Å². The van der Waals surface area contributed by atoms with Crippen LogP contribution in [0.3, 0.4) is 0 Å². The van der Waals surface area contributed by atoms with Gasteiger partial charge in [0.25, 0.3) is 5.91 Å². The van der Waals surface area contributed by atoms with Gasteiger partial charge in [-0.2, -0.15) is 5.26 Å². The molecule has 3 aromatic rings. The quantitative estimate of drug-likeness (QED) is 0.260. The molecule has 35 heavy (non-hydrogen) atoms. The molecule has 4 rings (SSSR count). The van der Waals surface area contributed by atoms with Crippen LogP contribution in [-0.4, -0.2) is 17.1 Å². The maximum atomic E-state index is 13.5. The van der Waals surface area contributed by atoms with Gasteiger partial charge in [-0.1, -0.05) is 64.2 Å². The van der Waals surface area contributed by atoms with Crippen molar-refractivity contribution in [1.29, 1.82) is 5.26 Å². The topological polar surface area (TPSA) is 73.2 Å². The van der Waals surface area contributed by atoms with Gasteiger partial charge in [-0.15, -0.1) is 0 Å². The van der Waals surface area contributed by atoms with Gasteiger partial charge in [0.2, 0.25) is 5.91 Å². The molecule has 0 aliphatic carbocycles. The van der Waals surface area contributed by atoms with Gasteiger partial charge in [-0.3, -0.25) is 14.5 Å². The maximum absolute atomic E-state index is 13.5. The lowest BCUT2D eigenvalue weighted by molar-refractivity contribution is -0.117. The minimum Gasteiger partial charge on any atom is -0.321 e. The second-order valence-corrected chi connectivity index (χ2v) is 10.3. The molecule has 1 unspecified atom stereocenters. The first-order valence-electron chi connectivity index (χ1n) is 10.2. The fourth-order valence-corrected chi connectivity index (χ4v) is 5.30. The van der Waals surface area contributed by atoms with Crippen LogP contribution in [0.5, 0.6) is 0 Å². The Hall–Kier alpha value is -2.66. The maximum Gasteiger partial charge on any atom is 0.269 e. The van der Waals surface area contributed by atoms with Crippen LogP contribution in [0.1, 0.15) is 5.56 Å². The first-order valence-corrected chi connectivity index (χ1v) is 12.6. The number of anilines is 2. The number of halogens is 4. The predicted molar refractivity (Wildman–Crippen MR) is 143 cm³/mol. The van der Waals surface area contributed by atoms with Gasteiger partial charge in [0.05, 0.1) is 15.3 Å². The molecule has 176 valence electrons. The van der Waals surface area contributed by atoms with Crippen LogP contribution in [0.4, 0.5) is 11.4 Å². The van der Waals surface area contributed by atoms with E-state index in [0.29, 0.717) is 37.9 Å². The van der Waals surface area contributed by atoms with Crippen LogP contribution in [0, 0.1) is 11.3 Å². The molecule has 2 amide bonds. The van der Waals surface area contributed by atoms with E-state index in [9.17, 15) is 14.9 Å². The number of thioether (sulfide) groups is 1. The number of nitriles is 1. The summed E-state index contributed by atoms with van der Waals surface area (Å²) in [5.74, 6) is -0.912. The molecule has 0 radical (unpaired) electrons. The third-order valence-electron chi connectivity index (χ3n) is 5.10. The zero-order valence-electron chi connectivity index (χ0n) is 17.8. The summed E-state index contributed by atoms with van der Waals surface area (Å²) in [5.41, 5.74) is 1.56. The number of benzene rings is 3. The van der Waals surface area contributed by atoms with Crippen molar-refractivity contribution in [3.8, 4) is 6.07 Å². The van der Waals surface area contributed by atoms with E-state index in [1.54, 1.807) is 66.7 Å². The van der Waals surface area contributed by atoms with Crippen LogP contribution >= 0.6 is 58.2 Å². The molecular formula is C25H15Cl4N3O2S. The summed E-state index contributed by atoms with van der Waals surface area (Å²) in [6.45, 7) is 0. The van der Waals surface area contributed by atoms with Gasteiger partial charge in [-0.25, -0.2) is 0 Å². The molecule has 0 bridgehead atoms. The second-order valence-electron chi connectivity index (χ2n) is 7.46. The Morgan fingerprint density at radius 2 is 1.57 bits per heavy atom. The Morgan fingerprint density at radius 1 is 0.943 bits per heavy atom. The lowest BCUT2D eigenvalue weighted by Crippen LogP contribution is -2.30. The van der Waals surface area contributed by atoms with E-state index in [4.69, 9.17) is 46.4 Å². The summed E-state index contributed by atoms with van der Waals surface area (Å²) in [4.78, 5) is 28.0. The van der Waals surface area contributed by atoms with E-state index >= 15 is 0 Å². The third kappa shape index (κ3) is 5.78. The zero-order chi connectivity index (χ0) is 25.1. The molecule has 1 atom stereocenters. The largest absolute Gasteiger partial charge is 0.321 e. The van der Waals surface area contributed by atoms with Gasteiger partial charge >= 0.3 is 0 Å². The molecule has 0 saturated carbocycles. The van der Waals surface area contributed by atoms with Crippen molar-refractivity contribution in [3.63, 3.8) is 0 Å². The van der Waals surface area contributed by atoms with Gasteiger partial charge in [0.1, 0.15) is 16.7 Å². The fourth-order valence-electron chi connectivity index (χ4n) is 3.42. The Labute approximate surface area is 226 Å². The summed E-state index contributed by atoms with van der Waals surface area (Å²) in [5, 5.41) is 14.0. The normalized spacial score (nSPS) is 16.7. The molecule has 1 aliphatic rings. The Morgan fingerprint density at radius 3 is 2.17 bits per heavy atom. The average molecular weight is 563 g/mol. The molecule has 0 spiro atoms. The first kappa shape index (κ1) is 25.4. The zero-order valence-corrected chi connectivity index (χ0v) is 21.6. The van der Waals surface area contributed by atoms with Crippen molar-refractivity contribution in [2.45, 2.75) is 11.7 Å². The molecule has 1 fully saturated rings. The van der Waals surface area contributed by atoms with Crippen LogP contribution < -0.4 is 10.2 Å². The highest BCUT2D eigenvalue weighted by Gasteiger charge is 2.40. The molecule has 10 heteroatoms. The summed E-state index contributed by atoms with van der Waals surface area (Å²) in [6, 6.07) is 20.2. The average Bonchev–Trinajstić information content (AvgIpc) is 3.14. The Balaban J connectivity index is 1.72. The third-order valence-corrected chi connectivity index (χ3v) is 7.60.